The van der Waals surface area contributed by atoms with Gasteiger partial charge in [-0.1, -0.05) is 20.8 Å². The van der Waals surface area contributed by atoms with Crippen molar-refractivity contribution in [3.63, 3.8) is 0 Å². The Kier molecular flexibility index (Phi) is 4.70. The van der Waals surface area contributed by atoms with E-state index in [4.69, 9.17) is 0 Å². The number of aromatic nitrogens is 3. The van der Waals surface area contributed by atoms with Gasteiger partial charge in [0.2, 0.25) is 0 Å². The van der Waals surface area contributed by atoms with Crippen LogP contribution in [0.25, 0.3) is 22.8 Å². The molecule has 1 aromatic heterocycles. The van der Waals surface area contributed by atoms with Gasteiger partial charge in [0.15, 0.2) is 0 Å². The highest BCUT2D eigenvalue weighted by Gasteiger charge is 2.23. The number of esters is 1. The van der Waals surface area contributed by atoms with Crippen molar-refractivity contribution in [3.8, 4) is 11.4 Å². The zero-order chi connectivity index (χ0) is 19.8. The van der Waals surface area contributed by atoms with Gasteiger partial charge >= 0.3 is 5.97 Å². The van der Waals surface area contributed by atoms with Gasteiger partial charge in [-0.3, -0.25) is 0 Å². The standard InChI is InChI=1S/C20H20FN3O3/c1-20(2,3)14-9-12(5-8-18(25)27-4)10-17(19(14)26)24-22-15-7-6-13(21)11-16(15)23-24/h5-11,26H,1-4H3/b8-5+. The van der Waals surface area contributed by atoms with Crippen molar-refractivity contribution in [2.75, 3.05) is 7.11 Å². The third kappa shape index (κ3) is 3.81. The van der Waals surface area contributed by atoms with Crippen LogP contribution in [-0.2, 0) is 14.9 Å². The first kappa shape index (κ1) is 18.6. The van der Waals surface area contributed by atoms with Crippen LogP contribution in [0.15, 0.2) is 36.4 Å². The Bertz CT molecular complexity index is 1050. The van der Waals surface area contributed by atoms with Crippen molar-refractivity contribution in [3.05, 3.63) is 53.4 Å². The number of ether oxygens (including phenoxy) is 1. The molecule has 0 saturated heterocycles. The van der Waals surface area contributed by atoms with Crippen LogP contribution in [0.4, 0.5) is 4.39 Å². The van der Waals surface area contributed by atoms with Gasteiger partial charge in [0.1, 0.15) is 28.3 Å². The molecule has 3 rings (SSSR count). The van der Waals surface area contributed by atoms with Crippen LogP contribution in [0.5, 0.6) is 5.75 Å². The zero-order valence-corrected chi connectivity index (χ0v) is 15.5. The molecular formula is C20H20FN3O3. The third-order valence-corrected chi connectivity index (χ3v) is 4.09. The molecule has 0 unspecified atom stereocenters. The molecule has 0 aliphatic carbocycles. The second kappa shape index (κ2) is 6.83. The summed E-state index contributed by atoms with van der Waals surface area (Å²) >= 11 is 0. The monoisotopic (exact) mass is 369 g/mol. The first-order valence-electron chi connectivity index (χ1n) is 8.35. The Morgan fingerprint density at radius 1 is 1.19 bits per heavy atom. The first-order valence-corrected chi connectivity index (χ1v) is 8.35. The van der Waals surface area contributed by atoms with Crippen LogP contribution in [-0.4, -0.2) is 33.2 Å². The number of fused-ring (bicyclic) bond motifs is 1. The molecule has 0 radical (unpaired) electrons. The fourth-order valence-electron chi connectivity index (χ4n) is 2.69. The highest BCUT2D eigenvalue weighted by Crippen LogP contribution is 2.36. The van der Waals surface area contributed by atoms with Gasteiger partial charge in [-0.05, 0) is 41.3 Å². The lowest BCUT2D eigenvalue weighted by molar-refractivity contribution is -0.134. The molecule has 0 fully saturated rings. The summed E-state index contributed by atoms with van der Waals surface area (Å²) in [5.74, 6) is -0.872. The molecule has 1 heterocycles. The number of benzene rings is 2. The van der Waals surface area contributed by atoms with Gasteiger partial charge in [0.05, 0.1) is 7.11 Å². The Labute approximate surface area is 155 Å². The van der Waals surface area contributed by atoms with E-state index in [1.807, 2.05) is 20.8 Å². The molecule has 3 aromatic rings. The van der Waals surface area contributed by atoms with Gasteiger partial charge < -0.3 is 9.84 Å². The normalized spacial score (nSPS) is 12.0. The van der Waals surface area contributed by atoms with E-state index < -0.39 is 11.8 Å². The number of nitrogens with zero attached hydrogens (tertiary/aromatic N) is 3. The van der Waals surface area contributed by atoms with Crippen LogP contribution >= 0.6 is 0 Å². The first-order chi connectivity index (χ1) is 12.7. The number of halogens is 1. The van der Waals surface area contributed by atoms with Crippen LogP contribution in [0.3, 0.4) is 0 Å². The fourth-order valence-corrected chi connectivity index (χ4v) is 2.69. The van der Waals surface area contributed by atoms with Gasteiger partial charge in [0.25, 0.3) is 0 Å². The summed E-state index contributed by atoms with van der Waals surface area (Å²) in [4.78, 5) is 12.7. The molecule has 0 bridgehead atoms. The molecule has 1 N–H and O–H groups in total. The van der Waals surface area contributed by atoms with E-state index in [2.05, 4.69) is 14.9 Å². The summed E-state index contributed by atoms with van der Waals surface area (Å²) in [6.07, 6.45) is 2.89. The number of carbonyl (C=O) groups excluding carboxylic acids is 1. The molecule has 0 saturated carbocycles. The molecule has 7 heteroatoms. The quantitative estimate of drug-likeness (QED) is 0.562. The highest BCUT2D eigenvalue weighted by molar-refractivity contribution is 5.87. The minimum absolute atomic E-state index is 0.0264. The molecule has 0 aliphatic rings. The van der Waals surface area contributed by atoms with Crippen molar-refractivity contribution in [1.82, 2.24) is 15.0 Å². The van der Waals surface area contributed by atoms with Crippen LogP contribution in [0.1, 0.15) is 31.9 Å². The Morgan fingerprint density at radius 2 is 1.89 bits per heavy atom. The number of phenols is 1. The van der Waals surface area contributed by atoms with Crippen molar-refractivity contribution < 1.29 is 19.0 Å². The second-order valence-electron chi connectivity index (χ2n) is 7.17. The fraction of sp³-hybridized carbons (Fsp3) is 0.250. The minimum Gasteiger partial charge on any atom is -0.505 e. The van der Waals surface area contributed by atoms with E-state index in [1.165, 1.54) is 36.2 Å². The molecule has 0 spiro atoms. The number of phenolic OH excluding ortho intramolecular Hbond substituents is 1. The van der Waals surface area contributed by atoms with E-state index in [-0.39, 0.29) is 11.2 Å². The van der Waals surface area contributed by atoms with Gasteiger partial charge in [-0.15, -0.1) is 15.0 Å². The van der Waals surface area contributed by atoms with Gasteiger partial charge in [-0.25, -0.2) is 9.18 Å². The van der Waals surface area contributed by atoms with Crippen molar-refractivity contribution >= 4 is 23.1 Å². The number of methoxy groups -OCH3 is 1. The zero-order valence-electron chi connectivity index (χ0n) is 15.5. The SMILES string of the molecule is COC(=O)/C=C/c1cc(-n2nc3ccc(F)cc3n2)c(O)c(C(C)(C)C)c1. The number of hydrogen-bond donors (Lipinski definition) is 1. The second-order valence-corrected chi connectivity index (χ2v) is 7.17. The number of hydrogen-bond acceptors (Lipinski definition) is 5. The van der Waals surface area contributed by atoms with Crippen molar-refractivity contribution in [2.45, 2.75) is 26.2 Å². The summed E-state index contributed by atoms with van der Waals surface area (Å²) in [5.41, 5.74) is 2.18. The summed E-state index contributed by atoms with van der Waals surface area (Å²) in [6.45, 7) is 5.88. The maximum atomic E-state index is 13.4. The molecule has 27 heavy (non-hydrogen) atoms. The lowest BCUT2D eigenvalue weighted by Gasteiger charge is -2.22. The Morgan fingerprint density at radius 3 is 2.56 bits per heavy atom. The number of aromatic hydroxyl groups is 1. The smallest absolute Gasteiger partial charge is 0.330 e. The minimum atomic E-state index is -0.486. The van der Waals surface area contributed by atoms with E-state index in [0.717, 1.165) is 0 Å². The van der Waals surface area contributed by atoms with Crippen molar-refractivity contribution in [2.24, 2.45) is 0 Å². The topological polar surface area (TPSA) is 77.2 Å². The predicted molar refractivity (Wildman–Crippen MR) is 100 cm³/mol. The van der Waals surface area contributed by atoms with E-state index >= 15 is 0 Å². The highest BCUT2D eigenvalue weighted by atomic mass is 19.1. The molecule has 0 atom stereocenters. The molecule has 6 nitrogen and oxygen atoms in total. The molecule has 140 valence electrons. The van der Waals surface area contributed by atoms with Crippen LogP contribution in [0.2, 0.25) is 0 Å². The maximum absolute atomic E-state index is 13.4. The van der Waals surface area contributed by atoms with E-state index in [9.17, 15) is 14.3 Å². The third-order valence-electron chi connectivity index (χ3n) is 4.09. The number of carbonyl (C=O) groups is 1. The summed E-state index contributed by atoms with van der Waals surface area (Å²) in [5, 5.41) is 19.4. The average Bonchev–Trinajstić information content (AvgIpc) is 3.02. The van der Waals surface area contributed by atoms with Gasteiger partial charge in [-0.2, -0.15) is 0 Å². The maximum Gasteiger partial charge on any atom is 0.330 e. The van der Waals surface area contributed by atoms with Gasteiger partial charge in [0, 0.05) is 17.7 Å². The summed E-state index contributed by atoms with van der Waals surface area (Å²) < 4.78 is 18.1. The Balaban J connectivity index is 2.20. The van der Waals surface area contributed by atoms with E-state index in [1.54, 1.807) is 18.2 Å². The Hall–Kier alpha value is -3.22. The van der Waals surface area contributed by atoms with Crippen LogP contribution in [0, 0.1) is 5.82 Å². The number of rotatable bonds is 3. The lowest BCUT2D eigenvalue weighted by atomic mass is 9.85. The van der Waals surface area contributed by atoms with Crippen molar-refractivity contribution in [1.29, 1.82) is 0 Å². The molecule has 0 aliphatic heterocycles. The summed E-state index contributed by atoms with van der Waals surface area (Å²) in [7, 11) is 1.30. The lowest BCUT2D eigenvalue weighted by Crippen LogP contribution is -2.13. The largest absolute Gasteiger partial charge is 0.505 e. The average molecular weight is 369 g/mol. The van der Waals surface area contributed by atoms with Crippen LogP contribution < -0.4 is 0 Å². The molecular weight excluding hydrogens is 349 g/mol. The molecule has 2 aromatic carbocycles. The summed E-state index contributed by atoms with van der Waals surface area (Å²) in [6, 6.07) is 7.55. The van der Waals surface area contributed by atoms with E-state index in [0.29, 0.717) is 27.8 Å². The predicted octanol–water partition coefficient (Wildman–Crippen LogP) is 3.75. The molecule has 0 amide bonds.